The Labute approximate surface area is 120 Å². The van der Waals surface area contributed by atoms with Crippen LogP contribution in [0.2, 0.25) is 0 Å². The number of rotatable bonds is 7. The minimum atomic E-state index is -0.153. The lowest BCUT2D eigenvalue weighted by Gasteiger charge is -2.33. The molecule has 0 heterocycles. The van der Waals surface area contributed by atoms with Crippen LogP contribution >= 0.6 is 0 Å². The molecule has 0 unspecified atom stereocenters. The molecule has 3 heteroatoms. The minimum absolute atomic E-state index is 0.153. The molecule has 0 aromatic heterocycles. The highest BCUT2D eigenvalue weighted by molar-refractivity contribution is 5.82. The Morgan fingerprint density at radius 3 is 2.55 bits per heavy atom. The van der Waals surface area contributed by atoms with Crippen LogP contribution in [0.3, 0.4) is 0 Å². The van der Waals surface area contributed by atoms with Gasteiger partial charge in [0.1, 0.15) is 12.4 Å². The predicted molar refractivity (Wildman–Crippen MR) is 77.0 cm³/mol. The Morgan fingerprint density at radius 1 is 1.20 bits per heavy atom. The van der Waals surface area contributed by atoms with Crippen LogP contribution in [-0.4, -0.2) is 11.8 Å². The van der Waals surface area contributed by atoms with Crippen LogP contribution in [0.15, 0.2) is 30.3 Å². The van der Waals surface area contributed by atoms with Crippen LogP contribution in [0.25, 0.3) is 0 Å². The van der Waals surface area contributed by atoms with E-state index < -0.39 is 0 Å². The van der Waals surface area contributed by atoms with E-state index in [-0.39, 0.29) is 11.9 Å². The van der Waals surface area contributed by atoms with E-state index in [2.05, 4.69) is 0 Å². The molecule has 1 aliphatic rings. The van der Waals surface area contributed by atoms with Gasteiger partial charge in [-0.1, -0.05) is 37.3 Å². The standard InChI is InChI=1S/C17H22O3/c1-2-6-16(18)15-9-14(10-15)11-17(19)20-12-13-7-4-3-5-8-13/h3-5,7-8,14-15H,2,6,9-12H2,1H3. The number of Topliss-reactive ketones (excluding diaryl/α,β-unsaturated/α-hetero) is 1. The molecular weight excluding hydrogens is 252 g/mol. The molecular formula is C17H22O3. The molecule has 0 bridgehead atoms. The van der Waals surface area contributed by atoms with E-state index in [1.165, 1.54) is 0 Å². The van der Waals surface area contributed by atoms with Crippen LogP contribution < -0.4 is 0 Å². The van der Waals surface area contributed by atoms with Gasteiger partial charge >= 0.3 is 5.97 Å². The van der Waals surface area contributed by atoms with E-state index >= 15 is 0 Å². The molecule has 0 N–H and O–H groups in total. The first kappa shape index (κ1) is 14.8. The predicted octanol–water partition coefficient (Wildman–Crippen LogP) is 3.52. The smallest absolute Gasteiger partial charge is 0.306 e. The van der Waals surface area contributed by atoms with Gasteiger partial charge in [0, 0.05) is 18.8 Å². The molecule has 0 amide bonds. The van der Waals surface area contributed by atoms with Crippen molar-refractivity contribution in [2.45, 2.75) is 45.6 Å². The van der Waals surface area contributed by atoms with Crippen molar-refractivity contribution in [2.24, 2.45) is 11.8 Å². The van der Waals surface area contributed by atoms with Crippen LogP contribution in [0.4, 0.5) is 0 Å². The van der Waals surface area contributed by atoms with Crippen molar-refractivity contribution in [3.63, 3.8) is 0 Å². The minimum Gasteiger partial charge on any atom is -0.461 e. The van der Waals surface area contributed by atoms with Crippen molar-refractivity contribution in [1.82, 2.24) is 0 Å². The Balaban J connectivity index is 1.63. The summed E-state index contributed by atoms with van der Waals surface area (Å²) in [6.45, 7) is 2.36. The second kappa shape index (κ2) is 7.22. The Hall–Kier alpha value is -1.64. The molecule has 1 fully saturated rings. The Kier molecular flexibility index (Phi) is 5.33. The molecule has 1 aliphatic carbocycles. The molecule has 0 radical (unpaired) electrons. The lowest BCUT2D eigenvalue weighted by atomic mass is 9.70. The number of hydrogen-bond acceptors (Lipinski definition) is 3. The third-order valence-electron chi connectivity index (χ3n) is 3.89. The molecule has 0 atom stereocenters. The maximum Gasteiger partial charge on any atom is 0.306 e. The zero-order chi connectivity index (χ0) is 14.4. The molecule has 2 rings (SSSR count). The summed E-state index contributed by atoms with van der Waals surface area (Å²) in [5.41, 5.74) is 1.01. The second-order valence-electron chi connectivity index (χ2n) is 5.60. The van der Waals surface area contributed by atoms with Gasteiger partial charge in [0.05, 0.1) is 0 Å². The molecule has 0 saturated heterocycles. The van der Waals surface area contributed by atoms with Crippen LogP contribution in [-0.2, 0) is 20.9 Å². The van der Waals surface area contributed by atoms with Crippen molar-refractivity contribution >= 4 is 11.8 Å². The third-order valence-corrected chi connectivity index (χ3v) is 3.89. The van der Waals surface area contributed by atoms with Crippen molar-refractivity contribution in [3.8, 4) is 0 Å². The fraction of sp³-hybridized carbons (Fsp3) is 0.529. The van der Waals surface area contributed by atoms with Crippen LogP contribution in [0.1, 0.15) is 44.6 Å². The Morgan fingerprint density at radius 2 is 1.90 bits per heavy atom. The van der Waals surface area contributed by atoms with Gasteiger partial charge in [-0.2, -0.15) is 0 Å². The largest absolute Gasteiger partial charge is 0.461 e. The monoisotopic (exact) mass is 274 g/mol. The van der Waals surface area contributed by atoms with E-state index in [0.717, 1.165) is 24.8 Å². The Bertz CT molecular complexity index is 447. The SMILES string of the molecule is CCCC(=O)C1CC(CC(=O)OCc2ccccc2)C1. The summed E-state index contributed by atoms with van der Waals surface area (Å²) in [6.07, 6.45) is 3.76. The summed E-state index contributed by atoms with van der Waals surface area (Å²) < 4.78 is 5.25. The normalized spacial score (nSPS) is 21.1. The van der Waals surface area contributed by atoms with E-state index in [1.54, 1.807) is 0 Å². The summed E-state index contributed by atoms with van der Waals surface area (Å²) in [5.74, 6) is 0.743. The molecule has 0 spiro atoms. The van der Waals surface area contributed by atoms with Gasteiger partial charge in [-0.15, -0.1) is 0 Å². The molecule has 1 aromatic rings. The van der Waals surface area contributed by atoms with E-state index in [1.807, 2.05) is 37.3 Å². The summed E-state index contributed by atoms with van der Waals surface area (Å²) in [7, 11) is 0. The highest BCUT2D eigenvalue weighted by Gasteiger charge is 2.34. The lowest BCUT2D eigenvalue weighted by molar-refractivity contribution is -0.148. The van der Waals surface area contributed by atoms with Gasteiger partial charge in [0.2, 0.25) is 0 Å². The number of ether oxygens (including phenoxy) is 1. The maximum absolute atomic E-state index is 11.7. The van der Waals surface area contributed by atoms with E-state index in [0.29, 0.717) is 31.1 Å². The fourth-order valence-electron chi connectivity index (χ4n) is 2.65. The summed E-state index contributed by atoms with van der Waals surface area (Å²) in [5, 5.41) is 0. The number of carbonyl (C=O) groups is 2. The van der Waals surface area contributed by atoms with Crippen molar-refractivity contribution in [1.29, 1.82) is 0 Å². The molecule has 108 valence electrons. The van der Waals surface area contributed by atoms with Gasteiger partial charge in [0.25, 0.3) is 0 Å². The number of hydrogen-bond donors (Lipinski definition) is 0. The van der Waals surface area contributed by atoms with Crippen molar-refractivity contribution in [2.75, 3.05) is 0 Å². The number of ketones is 1. The molecule has 1 saturated carbocycles. The summed E-state index contributed by atoms with van der Waals surface area (Å²) in [6, 6.07) is 9.68. The van der Waals surface area contributed by atoms with Crippen molar-refractivity contribution < 1.29 is 14.3 Å². The average Bonchev–Trinajstić information content (AvgIpc) is 2.41. The second-order valence-corrected chi connectivity index (χ2v) is 5.60. The van der Waals surface area contributed by atoms with Crippen LogP contribution in [0.5, 0.6) is 0 Å². The summed E-state index contributed by atoms with van der Waals surface area (Å²) >= 11 is 0. The molecule has 1 aromatic carbocycles. The molecule has 20 heavy (non-hydrogen) atoms. The van der Waals surface area contributed by atoms with Gasteiger partial charge < -0.3 is 4.74 Å². The quantitative estimate of drug-likeness (QED) is 0.715. The van der Waals surface area contributed by atoms with E-state index in [9.17, 15) is 9.59 Å². The third kappa shape index (κ3) is 4.19. The first-order valence-electron chi connectivity index (χ1n) is 7.41. The summed E-state index contributed by atoms with van der Waals surface area (Å²) in [4.78, 5) is 23.4. The number of benzene rings is 1. The van der Waals surface area contributed by atoms with Gasteiger partial charge in [-0.05, 0) is 30.7 Å². The zero-order valence-corrected chi connectivity index (χ0v) is 12.0. The van der Waals surface area contributed by atoms with Crippen LogP contribution in [0, 0.1) is 11.8 Å². The maximum atomic E-state index is 11.7. The van der Waals surface area contributed by atoms with Gasteiger partial charge in [0.15, 0.2) is 0 Å². The fourth-order valence-corrected chi connectivity index (χ4v) is 2.65. The first-order chi connectivity index (χ1) is 9.69. The van der Waals surface area contributed by atoms with E-state index in [4.69, 9.17) is 4.74 Å². The highest BCUT2D eigenvalue weighted by Crippen LogP contribution is 2.37. The first-order valence-corrected chi connectivity index (χ1v) is 7.41. The van der Waals surface area contributed by atoms with Gasteiger partial charge in [-0.25, -0.2) is 0 Å². The lowest BCUT2D eigenvalue weighted by Crippen LogP contribution is -2.32. The highest BCUT2D eigenvalue weighted by atomic mass is 16.5. The van der Waals surface area contributed by atoms with Gasteiger partial charge in [-0.3, -0.25) is 9.59 Å². The number of carbonyl (C=O) groups excluding carboxylic acids is 2. The topological polar surface area (TPSA) is 43.4 Å². The molecule has 3 nitrogen and oxygen atoms in total. The molecule has 0 aliphatic heterocycles. The zero-order valence-electron chi connectivity index (χ0n) is 12.0. The number of esters is 1. The van der Waals surface area contributed by atoms with Crippen molar-refractivity contribution in [3.05, 3.63) is 35.9 Å². The average molecular weight is 274 g/mol.